The van der Waals surface area contributed by atoms with Gasteiger partial charge in [0, 0.05) is 19.0 Å². The van der Waals surface area contributed by atoms with E-state index < -0.39 is 5.82 Å². The van der Waals surface area contributed by atoms with Gasteiger partial charge in [0.2, 0.25) is 5.91 Å². The molecule has 24 heavy (non-hydrogen) atoms. The first-order valence-electron chi connectivity index (χ1n) is 8.04. The maximum Gasteiger partial charge on any atom is 0.242 e. The lowest BCUT2D eigenvalue weighted by Gasteiger charge is -2.38. The fraction of sp³-hybridized carbons (Fsp3) is 0.500. The molecule has 1 aliphatic rings. The van der Waals surface area contributed by atoms with Gasteiger partial charge in [-0.2, -0.15) is 5.10 Å². The highest BCUT2D eigenvalue weighted by molar-refractivity contribution is 5.93. The van der Waals surface area contributed by atoms with Crippen molar-refractivity contribution in [3.63, 3.8) is 0 Å². The van der Waals surface area contributed by atoms with Gasteiger partial charge in [0.05, 0.1) is 12.2 Å². The SMILES string of the molecule is C[C@H]1C[C@H](c2ncn[nH]2)CN([C@@H](C)C(=O)Nc2ccc(F)cn2)C1. The predicted molar refractivity (Wildman–Crippen MR) is 86.8 cm³/mol. The molecule has 0 unspecified atom stereocenters. The standard InChI is InChI=1S/C16H21FN6O/c1-10-5-12(15-19-9-20-22-15)8-23(7-10)11(2)16(24)21-14-4-3-13(17)6-18-14/h3-4,6,9-12H,5,7-8H2,1-2H3,(H,18,21,24)(H,19,20,22)/t10-,11-,12-/m0/s1. The van der Waals surface area contributed by atoms with Gasteiger partial charge in [-0.05, 0) is 31.4 Å². The molecule has 0 spiro atoms. The van der Waals surface area contributed by atoms with Gasteiger partial charge < -0.3 is 5.32 Å². The second kappa shape index (κ2) is 7.04. The summed E-state index contributed by atoms with van der Waals surface area (Å²) >= 11 is 0. The van der Waals surface area contributed by atoms with Crippen LogP contribution in [0.5, 0.6) is 0 Å². The number of aromatic nitrogens is 4. The molecule has 2 N–H and O–H groups in total. The normalized spacial score (nSPS) is 23.0. The van der Waals surface area contributed by atoms with Gasteiger partial charge in [-0.25, -0.2) is 14.4 Å². The van der Waals surface area contributed by atoms with Crippen molar-refractivity contribution >= 4 is 11.7 Å². The third-order valence-corrected chi connectivity index (χ3v) is 4.41. The highest BCUT2D eigenvalue weighted by Gasteiger charge is 2.32. The predicted octanol–water partition coefficient (Wildman–Crippen LogP) is 1.79. The minimum Gasteiger partial charge on any atom is -0.309 e. The van der Waals surface area contributed by atoms with Crippen LogP contribution >= 0.6 is 0 Å². The molecule has 1 saturated heterocycles. The lowest BCUT2D eigenvalue weighted by Crippen LogP contribution is -2.49. The molecule has 3 rings (SSSR count). The Morgan fingerprint density at radius 1 is 1.42 bits per heavy atom. The molecule has 0 aromatic carbocycles. The Morgan fingerprint density at radius 3 is 2.92 bits per heavy atom. The number of amides is 1. The zero-order valence-electron chi connectivity index (χ0n) is 13.7. The van der Waals surface area contributed by atoms with E-state index in [-0.39, 0.29) is 17.9 Å². The summed E-state index contributed by atoms with van der Waals surface area (Å²) in [6, 6.07) is 2.41. The number of nitrogens with one attached hydrogen (secondary N) is 2. The molecule has 1 amide bonds. The Hall–Kier alpha value is -2.35. The minimum absolute atomic E-state index is 0.153. The molecule has 0 aliphatic carbocycles. The maximum absolute atomic E-state index is 12.9. The fourth-order valence-electron chi connectivity index (χ4n) is 3.16. The first-order valence-corrected chi connectivity index (χ1v) is 8.04. The first kappa shape index (κ1) is 16.5. The van der Waals surface area contributed by atoms with Crippen LogP contribution in [0.2, 0.25) is 0 Å². The van der Waals surface area contributed by atoms with Crippen LogP contribution in [0.15, 0.2) is 24.7 Å². The summed E-state index contributed by atoms with van der Waals surface area (Å²) in [5.74, 6) is 1.31. The van der Waals surface area contributed by atoms with E-state index in [2.05, 4.69) is 37.3 Å². The van der Waals surface area contributed by atoms with Crippen LogP contribution in [-0.2, 0) is 4.79 Å². The summed E-state index contributed by atoms with van der Waals surface area (Å²) in [7, 11) is 0. The largest absolute Gasteiger partial charge is 0.309 e. The molecule has 3 atom stereocenters. The van der Waals surface area contributed by atoms with E-state index in [4.69, 9.17) is 0 Å². The third kappa shape index (κ3) is 3.76. The summed E-state index contributed by atoms with van der Waals surface area (Å²) < 4.78 is 12.9. The van der Waals surface area contributed by atoms with Gasteiger partial charge in [0.15, 0.2) is 0 Å². The average molecular weight is 332 g/mol. The van der Waals surface area contributed by atoms with E-state index in [1.165, 1.54) is 18.5 Å². The quantitative estimate of drug-likeness (QED) is 0.891. The zero-order chi connectivity index (χ0) is 17.1. The highest BCUT2D eigenvalue weighted by atomic mass is 19.1. The second-order valence-electron chi connectivity index (χ2n) is 6.39. The van der Waals surface area contributed by atoms with Crippen LogP contribution < -0.4 is 5.32 Å². The van der Waals surface area contributed by atoms with Crippen molar-refractivity contribution in [1.29, 1.82) is 0 Å². The number of likely N-dealkylation sites (tertiary alicyclic amines) is 1. The molecule has 1 fully saturated rings. The highest BCUT2D eigenvalue weighted by Crippen LogP contribution is 2.29. The van der Waals surface area contributed by atoms with Crippen molar-refractivity contribution in [2.45, 2.75) is 32.2 Å². The molecule has 2 aromatic heterocycles. The Balaban J connectivity index is 1.65. The van der Waals surface area contributed by atoms with Crippen molar-refractivity contribution in [1.82, 2.24) is 25.1 Å². The summed E-state index contributed by atoms with van der Waals surface area (Å²) in [6.07, 6.45) is 3.61. The summed E-state index contributed by atoms with van der Waals surface area (Å²) in [5.41, 5.74) is 0. The lowest BCUT2D eigenvalue weighted by molar-refractivity contribution is -0.121. The van der Waals surface area contributed by atoms with Gasteiger partial charge in [-0.15, -0.1) is 0 Å². The van der Waals surface area contributed by atoms with Crippen molar-refractivity contribution in [3.05, 3.63) is 36.3 Å². The van der Waals surface area contributed by atoms with E-state index in [1.807, 2.05) is 6.92 Å². The molecule has 7 nitrogen and oxygen atoms in total. The van der Waals surface area contributed by atoms with Crippen molar-refractivity contribution in [3.8, 4) is 0 Å². The number of hydrogen-bond donors (Lipinski definition) is 2. The van der Waals surface area contributed by atoms with E-state index in [0.717, 1.165) is 31.5 Å². The second-order valence-corrected chi connectivity index (χ2v) is 6.39. The van der Waals surface area contributed by atoms with Crippen LogP contribution in [0.25, 0.3) is 0 Å². The zero-order valence-corrected chi connectivity index (χ0v) is 13.7. The Morgan fingerprint density at radius 2 is 2.25 bits per heavy atom. The Kier molecular flexibility index (Phi) is 4.84. The Bertz CT molecular complexity index is 674. The number of halogens is 1. The molecule has 128 valence electrons. The van der Waals surface area contributed by atoms with Crippen molar-refractivity contribution in [2.75, 3.05) is 18.4 Å². The molecule has 0 saturated carbocycles. The van der Waals surface area contributed by atoms with E-state index >= 15 is 0 Å². The summed E-state index contributed by atoms with van der Waals surface area (Å²) in [5, 5.41) is 9.58. The van der Waals surface area contributed by atoms with Gasteiger partial charge in [0.25, 0.3) is 0 Å². The number of carbonyl (C=O) groups is 1. The molecule has 0 radical (unpaired) electrons. The number of hydrogen-bond acceptors (Lipinski definition) is 5. The van der Waals surface area contributed by atoms with Gasteiger partial charge in [-0.1, -0.05) is 6.92 Å². The van der Waals surface area contributed by atoms with Crippen molar-refractivity contribution < 1.29 is 9.18 Å². The van der Waals surface area contributed by atoms with E-state index in [9.17, 15) is 9.18 Å². The van der Waals surface area contributed by atoms with Gasteiger partial charge in [-0.3, -0.25) is 14.8 Å². The number of anilines is 1. The topological polar surface area (TPSA) is 86.8 Å². The molecular weight excluding hydrogens is 311 g/mol. The van der Waals surface area contributed by atoms with E-state index in [1.54, 1.807) is 0 Å². The molecule has 1 aliphatic heterocycles. The van der Waals surface area contributed by atoms with Crippen LogP contribution in [-0.4, -0.2) is 50.1 Å². The van der Waals surface area contributed by atoms with Gasteiger partial charge >= 0.3 is 0 Å². The lowest BCUT2D eigenvalue weighted by atomic mass is 9.89. The molecular formula is C16H21FN6O. The van der Waals surface area contributed by atoms with Crippen LogP contribution in [0.1, 0.15) is 32.0 Å². The minimum atomic E-state index is -0.430. The number of nitrogens with zero attached hydrogens (tertiary/aromatic N) is 4. The monoisotopic (exact) mass is 332 g/mol. The van der Waals surface area contributed by atoms with Crippen molar-refractivity contribution in [2.24, 2.45) is 5.92 Å². The van der Waals surface area contributed by atoms with Crippen LogP contribution in [0, 0.1) is 11.7 Å². The van der Waals surface area contributed by atoms with Crippen LogP contribution in [0.3, 0.4) is 0 Å². The van der Waals surface area contributed by atoms with Crippen LogP contribution in [0.4, 0.5) is 10.2 Å². The number of rotatable bonds is 4. The third-order valence-electron chi connectivity index (χ3n) is 4.41. The number of H-pyrrole nitrogens is 1. The average Bonchev–Trinajstić information content (AvgIpc) is 3.10. The number of carbonyl (C=O) groups excluding carboxylic acids is 1. The smallest absolute Gasteiger partial charge is 0.242 e. The molecule has 0 bridgehead atoms. The summed E-state index contributed by atoms with van der Waals surface area (Å²) in [6.45, 7) is 5.62. The number of piperidine rings is 1. The fourth-order valence-corrected chi connectivity index (χ4v) is 3.16. The Labute approximate surface area is 139 Å². The maximum atomic E-state index is 12.9. The molecule has 3 heterocycles. The van der Waals surface area contributed by atoms with E-state index in [0.29, 0.717) is 11.7 Å². The number of pyridine rings is 1. The number of aromatic amines is 1. The van der Waals surface area contributed by atoms with Gasteiger partial charge in [0.1, 0.15) is 23.8 Å². The molecule has 2 aromatic rings. The first-order chi connectivity index (χ1) is 11.5. The molecule has 8 heteroatoms. The summed E-state index contributed by atoms with van der Waals surface area (Å²) in [4.78, 5) is 22.7.